The van der Waals surface area contributed by atoms with Crippen molar-refractivity contribution in [2.75, 3.05) is 6.61 Å². The molecule has 0 saturated carbocycles. The highest BCUT2D eigenvalue weighted by Crippen LogP contribution is 2.23. The number of aryl methyl sites for hydroxylation is 1. The normalized spacial score (nSPS) is 9.14. The van der Waals surface area contributed by atoms with E-state index in [-0.39, 0.29) is 17.9 Å². The monoisotopic (exact) mass is 191 g/mol. The SMILES string of the molecule is Cc1cccc(C(=O)O)c1OCC#N. The maximum Gasteiger partial charge on any atom is 0.339 e. The minimum absolute atomic E-state index is 0.0836. The number of rotatable bonds is 3. The number of benzene rings is 1. The lowest BCUT2D eigenvalue weighted by molar-refractivity contribution is 0.0692. The fourth-order valence-corrected chi connectivity index (χ4v) is 1.12. The minimum atomic E-state index is -1.05. The highest BCUT2D eigenvalue weighted by molar-refractivity contribution is 5.91. The van der Waals surface area contributed by atoms with Crippen LogP contribution in [0.5, 0.6) is 5.75 Å². The van der Waals surface area contributed by atoms with Crippen LogP contribution in [0.25, 0.3) is 0 Å². The van der Waals surface area contributed by atoms with Crippen molar-refractivity contribution in [3.05, 3.63) is 29.3 Å². The molecule has 0 unspecified atom stereocenters. The molecule has 72 valence electrons. The summed E-state index contributed by atoms with van der Waals surface area (Å²) < 4.78 is 5.04. The van der Waals surface area contributed by atoms with E-state index in [4.69, 9.17) is 15.1 Å². The number of hydrogen-bond donors (Lipinski definition) is 1. The predicted octanol–water partition coefficient (Wildman–Crippen LogP) is 1.60. The van der Waals surface area contributed by atoms with Gasteiger partial charge in [0.1, 0.15) is 17.4 Å². The molecule has 4 nitrogen and oxygen atoms in total. The molecule has 1 aromatic rings. The number of carboxylic acid groups (broad SMARTS) is 1. The minimum Gasteiger partial charge on any atom is -0.478 e. The smallest absolute Gasteiger partial charge is 0.339 e. The molecule has 1 N–H and O–H groups in total. The summed E-state index contributed by atoms with van der Waals surface area (Å²) in [4.78, 5) is 10.8. The van der Waals surface area contributed by atoms with E-state index in [1.54, 1.807) is 25.1 Å². The van der Waals surface area contributed by atoms with Gasteiger partial charge >= 0.3 is 5.97 Å². The van der Waals surface area contributed by atoms with Crippen molar-refractivity contribution in [1.82, 2.24) is 0 Å². The van der Waals surface area contributed by atoms with E-state index in [1.807, 2.05) is 0 Å². The van der Waals surface area contributed by atoms with Crippen molar-refractivity contribution in [2.24, 2.45) is 0 Å². The number of aromatic carboxylic acids is 1. The number of hydrogen-bond acceptors (Lipinski definition) is 3. The van der Waals surface area contributed by atoms with Gasteiger partial charge in [0.2, 0.25) is 0 Å². The number of carboxylic acids is 1. The van der Waals surface area contributed by atoms with Crippen LogP contribution in [0.2, 0.25) is 0 Å². The molecule has 0 radical (unpaired) electrons. The van der Waals surface area contributed by atoms with Gasteiger partial charge in [0.25, 0.3) is 0 Å². The van der Waals surface area contributed by atoms with Crippen LogP contribution in [0.4, 0.5) is 0 Å². The maximum absolute atomic E-state index is 10.8. The van der Waals surface area contributed by atoms with Crippen molar-refractivity contribution in [1.29, 1.82) is 5.26 Å². The molecular weight excluding hydrogens is 182 g/mol. The Labute approximate surface area is 81.4 Å². The lowest BCUT2D eigenvalue weighted by Crippen LogP contribution is -2.04. The van der Waals surface area contributed by atoms with Gasteiger partial charge in [-0.15, -0.1) is 0 Å². The molecule has 0 aliphatic heterocycles. The summed E-state index contributed by atoms with van der Waals surface area (Å²) in [7, 11) is 0. The average molecular weight is 191 g/mol. The fraction of sp³-hybridized carbons (Fsp3) is 0.200. The van der Waals surface area contributed by atoms with E-state index in [9.17, 15) is 4.79 Å². The first-order chi connectivity index (χ1) is 6.66. The number of ether oxygens (including phenoxy) is 1. The first kappa shape index (κ1) is 10.1. The Kier molecular flexibility index (Phi) is 3.08. The molecule has 1 aromatic carbocycles. The quantitative estimate of drug-likeness (QED) is 0.787. The topological polar surface area (TPSA) is 70.3 Å². The molecule has 0 spiro atoms. The highest BCUT2D eigenvalue weighted by Gasteiger charge is 2.12. The first-order valence-electron chi connectivity index (χ1n) is 3.99. The molecule has 0 aliphatic carbocycles. The van der Waals surface area contributed by atoms with E-state index in [2.05, 4.69) is 0 Å². The summed E-state index contributed by atoms with van der Waals surface area (Å²) in [5, 5.41) is 17.2. The third-order valence-electron chi connectivity index (χ3n) is 1.72. The molecule has 0 fully saturated rings. The summed E-state index contributed by atoms with van der Waals surface area (Å²) in [5.41, 5.74) is 0.792. The summed E-state index contributed by atoms with van der Waals surface area (Å²) >= 11 is 0. The maximum atomic E-state index is 10.8. The molecule has 0 aromatic heterocycles. The Morgan fingerprint density at radius 3 is 2.93 bits per heavy atom. The molecule has 1 rings (SSSR count). The number of nitrogens with zero attached hydrogens (tertiary/aromatic N) is 1. The third kappa shape index (κ3) is 2.02. The lowest BCUT2D eigenvalue weighted by Gasteiger charge is -2.08. The van der Waals surface area contributed by atoms with E-state index in [1.165, 1.54) is 6.07 Å². The summed E-state index contributed by atoms with van der Waals surface area (Å²) in [6.45, 7) is 1.59. The molecule has 0 aliphatic rings. The largest absolute Gasteiger partial charge is 0.478 e. The molecule has 4 heteroatoms. The molecule has 0 bridgehead atoms. The zero-order chi connectivity index (χ0) is 10.6. The van der Waals surface area contributed by atoms with Gasteiger partial charge in [-0.25, -0.2) is 4.79 Å². The van der Waals surface area contributed by atoms with Gasteiger partial charge in [0, 0.05) is 0 Å². The Morgan fingerprint density at radius 2 is 2.36 bits per heavy atom. The van der Waals surface area contributed by atoms with E-state index < -0.39 is 5.97 Å². The Balaban J connectivity index is 3.10. The van der Waals surface area contributed by atoms with Gasteiger partial charge < -0.3 is 9.84 Å². The van der Waals surface area contributed by atoms with Gasteiger partial charge in [-0.3, -0.25) is 0 Å². The third-order valence-corrected chi connectivity index (χ3v) is 1.72. The summed E-state index contributed by atoms with van der Waals surface area (Å²) in [5.74, 6) is -0.789. The fourth-order valence-electron chi connectivity index (χ4n) is 1.12. The van der Waals surface area contributed by atoms with Gasteiger partial charge in [0.15, 0.2) is 6.61 Å². The van der Waals surface area contributed by atoms with Crippen molar-refractivity contribution in [3.63, 3.8) is 0 Å². The average Bonchev–Trinajstić information content (AvgIpc) is 2.15. The van der Waals surface area contributed by atoms with Crippen LogP contribution in [0, 0.1) is 18.3 Å². The van der Waals surface area contributed by atoms with Gasteiger partial charge in [0.05, 0.1) is 0 Å². The van der Waals surface area contributed by atoms with Gasteiger partial charge in [-0.2, -0.15) is 5.26 Å². The van der Waals surface area contributed by atoms with Crippen LogP contribution >= 0.6 is 0 Å². The van der Waals surface area contributed by atoms with Crippen LogP contribution in [0.15, 0.2) is 18.2 Å². The standard InChI is InChI=1S/C10H9NO3/c1-7-3-2-4-8(10(12)13)9(7)14-6-5-11/h2-4H,6H2,1H3,(H,12,13). The van der Waals surface area contributed by atoms with Crippen molar-refractivity contribution in [3.8, 4) is 11.8 Å². The molecule has 0 heterocycles. The molecule has 0 saturated heterocycles. The molecule has 14 heavy (non-hydrogen) atoms. The Hall–Kier alpha value is -2.02. The van der Waals surface area contributed by atoms with Gasteiger partial charge in [-0.1, -0.05) is 12.1 Å². The van der Waals surface area contributed by atoms with Crippen molar-refractivity contribution < 1.29 is 14.6 Å². The van der Waals surface area contributed by atoms with Crippen LogP contribution in [0.1, 0.15) is 15.9 Å². The highest BCUT2D eigenvalue weighted by atomic mass is 16.5. The van der Waals surface area contributed by atoms with Crippen molar-refractivity contribution in [2.45, 2.75) is 6.92 Å². The van der Waals surface area contributed by atoms with Crippen LogP contribution in [-0.2, 0) is 0 Å². The molecule has 0 amide bonds. The Bertz CT molecular complexity index is 393. The zero-order valence-electron chi connectivity index (χ0n) is 7.65. The predicted molar refractivity (Wildman–Crippen MR) is 49.2 cm³/mol. The molecular formula is C10H9NO3. The van der Waals surface area contributed by atoms with E-state index >= 15 is 0 Å². The van der Waals surface area contributed by atoms with Crippen LogP contribution in [0.3, 0.4) is 0 Å². The number of para-hydroxylation sites is 1. The second-order valence-corrected chi connectivity index (χ2v) is 2.70. The molecule has 0 atom stereocenters. The Morgan fingerprint density at radius 1 is 1.64 bits per heavy atom. The van der Waals surface area contributed by atoms with E-state index in [0.717, 1.165) is 0 Å². The summed E-state index contributed by atoms with van der Waals surface area (Å²) in [6, 6.07) is 6.61. The second-order valence-electron chi connectivity index (χ2n) is 2.70. The van der Waals surface area contributed by atoms with Gasteiger partial charge in [-0.05, 0) is 18.6 Å². The second kappa shape index (κ2) is 4.28. The zero-order valence-corrected chi connectivity index (χ0v) is 7.65. The first-order valence-corrected chi connectivity index (χ1v) is 3.99. The van der Waals surface area contributed by atoms with Crippen LogP contribution in [-0.4, -0.2) is 17.7 Å². The summed E-state index contributed by atoms with van der Waals surface area (Å²) in [6.07, 6.45) is 0. The van der Waals surface area contributed by atoms with E-state index in [0.29, 0.717) is 5.56 Å². The lowest BCUT2D eigenvalue weighted by atomic mass is 10.1. The van der Waals surface area contributed by atoms with Crippen LogP contribution < -0.4 is 4.74 Å². The number of nitriles is 1. The van der Waals surface area contributed by atoms with Crippen molar-refractivity contribution >= 4 is 5.97 Å². The number of carbonyl (C=O) groups is 1.